The quantitative estimate of drug-likeness (QED) is 0.678. The van der Waals surface area contributed by atoms with Crippen molar-refractivity contribution in [2.75, 3.05) is 24.7 Å². The largest absolute Gasteiger partial charge is 0.501 e. The van der Waals surface area contributed by atoms with Crippen molar-refractivity contribution >= 4 is 11.8 Å². The SMILES string of the molecule is CCCSCC(NCC)C1=COCCC1. The third-order valence-electron chi connectivity index (χ3n) is 2.49. The Bertz CT molecular complexity index is 194. The van der Waals surface area contributed by atoms with Crippen molar-refractivity contribution in [3.05, 3.63) is 11.8 Å². The summed E-state index contributed by atoms with van der Waals surface area (Å²) in [6.45, 7) is 6.33. The van der Waals surface area contributed by atoms with E-state index >= 15 is 0 Å². The second-order valence-electron chi connectivity index (χ2n) is 3.85. The van der Waals surface area contributed by atoms with Crippen molar-refractivity contribution in [1.82, 2.24) is 5.32 Å². The maximum Gasteiger partial charge on any atom is 0.0876 e. The molecule has 1 heterocycles. The van der Waals surface area contributed by atoms with Gasteiger partial charge in [0.2, 0.25) is 0 Å². The van der Waals surface area contributed by atoms with E-state index in [0.717, 1.165) is 13.2 Å². The highest BCUT2D eigenvalue weighted by Gasteiger charge is 2.15. The molecule has 1 aliphatic heterocycles. The second kappa shape index (κ2) is 8.05. The molecule has 1 aliphatic rings. The van der Waals surface area contributed by atoms with Crippen LogP contribution in [0.5, 0.6) is 0 Å². The van der Waals surface area contributed by atoms with Crippen LogP contribution in [0.4, 0.5) is 0 Å². The van der Waals surface area contributed by atoms with Gasteiger partial charge in [0.25, 0.3) is 0 Å². The Hall–Kier alpha value is -0.150. The lowest BCUT2D eigenvalue weighted by molar-refractivity contribution is 0.220. The number of nitrogens with one attached hydrogen (secondary N) is 1. The molecule has 0 spiro atoms. The molecule has 15 heavy (non-hydrogen) atoms. The van der Waals surface area contributed by atoms with Gasteiger partial charge in [0, 0.05) is 11.8 Å². The van der Waals surface area contributed by atoms with Crippen LogP contribution in [0, 0.1) is 0 Å². The molecule has 2 nitrogen and oxygen atoms in total. The molecule has 0 saturated heterocycles. The van der Waals surface area contributed by atoms with E-state index in [2.05, 4.69) is 19.2 Å². The molecule has 0 aromatic heterocycles. The molecule has 0 bridgehead atoms. The highest BCUT2D eigenvalue weighted by Crippen LogP contribution is 2.19. The van der Waals surface area contributed by atoms with Crippen LogP contribution in [0.3, 0.4) is 0 Å². The smallest absolute Gasteiger partial charge is 0.0876 e. The van der Waals surface area contributed by atoms with Gasteiger partial charge in [-0.05, 0) is 37.1 Å². The van der Waals surface area contributed by atoms with Gasteiger partial charge in [-0.1, -0.05) is 13.8 Å². The van der Waals surface area contributed by atoms with Crippen LogP contribution in [0.15, 0.2) is 11.8 Å². The first-order valence-corrected chi connectivity index (χ1v) is 7.15. The first-order chi connectivity index (χ1) is 7.38. The highest BCUT2D eigenvalue weighted by atomic mass is 32.2. The fraction of sp³-hybridized carbons (Fsp3) is 0.833. The van der Waals surface area contributed by atoms with E-state index in [0.29, 0.717) is 6.04 Å². The average molecular weight is 229 g/mol. The number of hydrogen-bond donors (Lipinski definition) is 1. The Labute approximate surface area is 97.8 Å². The van der Waals surface area contributed by atoms with Crippen molar-refractivity contribution in [3.63, 3.8) is 0 Å². The van der Waals surface area contributed by atoms with Crippen LogP contribution in [-0.2, 0) is 4.74 Å². The molecule has 0 saturated carbocycles. The standard InChI is InChI=1S/C12H23NOS/c1-3-8-15-10-12(13-4-2)11-6-5-7-14-9-11/h9,12-13H,3-8,10H2,1-2H3. The molecule has 0 fully saturated rings. The van der Waals surface area contributed by atoms with Gasteiger partial charge in [-0.25, -0.2) is 0 Å². The molecule has 0 amide bonds. The first kappa shape index (κ1) is 12.9. The average Bonchev–Trinajstić information content (AvgIpc) is 2.29. The fourth-order valence-electron chi connectivity index (χ4n) is 1.73. The van der Waals surface area contributed by atoms with Gasteiger partial charge in [-0.2, -0.15) is 11.8 Å². The summed E-state index contributed by atoms with van der Waals surface area (Å²) in [5.41, 5.74) is 1.45. The molecular formula is C12H23NOS. The van der Waals surface area contributed by atoms with Crippen molar-refractivity contribution in [2.45, 2.75) is 39.2 Å². The zero-order valence-corrected chi connectivity index (χ0v) is 10.7. The molecule has 1 atom stereocenters. The van der Waals surface area contributed by atoms with Crippen LogP contribution < -0.4 is 5.32 Å². The summed E-state index contributed by atoms with van der Waals surface area (Å²) in [6, 6.07) is 0.520. The molecule has 0 radical (unpaired) electrons. The van der Waals surface area contributed by atoms with E-state index < -0.39 is 0 Å². The molecule has 0 aromatic carbocycles. The molecule has 3 heteroatoms. The molecule has 0 aromatic rings. The zero-order chi connectivity index (χ0) is 10.9. The fourth-order valence-corrected chi connectivity index (χ4v) is 2.75. The topological polar surface area (TPSA) is 21.3 Å². The minimum absolute atomic E-state index is 0.520. The Kier molecular flexibility index (Phi) is 6.94. The number of hydrogen-bond acceptors (Lipinski definition) is 3. The minimum atomic E-state index is 0.520. The van der Waals surface area contributed by atoms with Gasteiger partial charge in [-0.15, -0.1) is 0 Å². The summed E-state index contributed by atoms with van der Waals surface area (Å²) >= 11 is 2.04. The van der Waals surface area contributed by atoms with Crippen molar-refractivity contribution in [1.29, 1.82) is 0 Å². The summed E-state index contributed by atoms with van der Waals surface area (Å²) in [5.74, 6) is 2.44. The van der Waals surface area contributed by atoms with Gasteiger partial charge >= 0.3 is 0 Å². The summed E-state index contributed by atoms with van der Waals surface area (Å²) in [5, 5.41) is 3.54. The Morgan fingerprint density at radius 1 is 1.53 bits per heavy atom. The summed E-state index contributed by atoms with van der Waals surface area (Å²) in [4.78, 5) is 0. The van der Waals surface area contributed by atoms with E-state index in [1.165, 1.54) is 36.3 Å². The third kappa shape index (κ3) is 4.94. The van der Waals surface area contributed by atoms with E-state index in [1.807, 2.05) is 18.0 Å². The van der Waals surface area contributed by atoms with Crippen LogP contribution in [-0.4, -0.2) is 30.7 Å². The van der Waals surface area contributed by atoms with Crippen molar-refractivity contribution < 1.29 is 4.74 Å². The predicted molar refractivity (Wildman–Crippen MR) is 68.3 cm³/mol. The maximum absolute atomic E-state index is 5.40. The van der Waals surface area contributed by atoms with Crippen LogP contribution in [0.1, 0.15) is 33.1 Å². The lowest BCUT2D eigenvalue weighted by Gasteiger charge is -2.23. The number of ether oxygens (including phenoxy) is 1. The van der Waals surface area contributed by atoms with Crippen LogP contribution in [0.25, 0.3) is 0 Å². The van der Waals surface area contributed by atoms with Gasteiger partial charge in [0.05, 0.1) is 12.9 Å². The predicted octanol–water partition coefficient (Wildman–Crippen LogP) is 2.80. The lowest BCUT2D eigenvalue weighted by atomic mass is 10.0. The molecule has 1 unspecified atom stereocenters. The van der Waals surface area contributed by atoms with Gasteiger partial charge in [0.1, 0.15) is 0 Å². The van der Waals surface area contributed by atoms with Gasteiger partial charge < -0.3 is 10.1 Å². The Balaban J connectivity index is 2.37. The molecular weight excluding hydrogens is 206 g/mol. The Morgan fingerprint density at radius 2 is 2.40 bits per heavy atom. The third-order valence-corrected chi connectivity index (χ3v) is 3.76. The number of thioether (sulfide) groups is 1. The monoisotopic (exact) mass is 229 g/mol. The first-order valence-electron chi connectivity index (χ1n) is 6.00. The molecule has 1 N–H and O–H groups in total. The summed E-state index contributed by atoms with van der Waals surface area (Å²) < 4.78 is 5.40. The van der Waals surface area contributed by atoms with Crippen molar-refractivity contribution in [3.8, 4) is 0 Å². The molecule has 0 aliphatic carbocycles. The zero-order valence-electron chi connectivity index (χ0n) is 9.92. The van der Waals surface area contributed by atoms with Crippen LogP contribution >= 0.6 is 11.8 Å². The minimum Gasteiger partial charge on any atom is -0.501 e. The van der Waals surface area contributed by atoms with E-state index in [4.69, 9.17) is 4.74 Å². The lowest BCUT2D eigenvalue weighted by Crippen LogP contribution is -2.34. The van der Waals surface area contributed by atoms with Crippen molar-refractivity contribution in [2.24, 2.45) is 0 Å². The summed E-state index contributed by atoms with van der Waals surface area (Å²) in [7, 11) is 0. The van der Waals surface area contributed by atoms with Crippen LogP contribution in [0.2, 0.25) is 0 Å². The van der Waals surface area contributed by atoms with Gasteiger partial charge in [-0.3, -0.25) is 0 Å². The number of rotatable bonds is 7. The van der Waals surface area contributed by atoms with E-state index in [1.54, 1.807) is 0 Å². The molecule has 88 valence electrons. The highest BCUT2D eigenvalue weighted by molar-refractivity contribution is 7.99. The van der Waals surface area contributed by atoms with E-state index in [9.17, 15) is 0 Å². The molecule has 1 rings (SSSR count). The Morgan fingerprint density at radius 3 is 3.00 bits per heavy atom. The second-order valence-corrected chi connectivity index (χ2v) is 5.00. The van der Waals surface area contributed by atoms with E-state index in [-0.39, 0.29) is 0 Å². The summed E-state index contributed by atoms with van der Waals surface area (Å²) in [6.07, 6.45) is 5.61. The van der Waals surface area contributed by atoms with Gasteiger partial charge in [0.15, 0.2) is 0 Å². The normalized spacial score (nSPS) is 18.1. The number of likely N-dealkylation sites (N-methyl/N-ethyl adjacent to an activating group) is 1. The maximum atomic E-state index is 5.40.